The highest BCUT2D eigenvalue weighted by Crippen LogP contribution is 2.41. The van der Waals surface area contributed by atoms with Gasteiger partial charge in [0.05, 0.1) is 24.8 Å². The summed E-state index contributed by atoms with van der Waals surface area (Å²) >= 11 is 0. The number of ether oxygens (including phenoxy) is 2. The molecule has 2 unspecified atom stereocenters. The summed E-state index contributed by atoms with van der Waals surface area (Å²) in [5.41, 5.74) is 0.795. The number of ketones is 1. The topological polar surface area (TPSA) is 76.1 Å². The zero-order valence-corrected chi connectivity index (χ0v) is 13.8. The lowest BCUT2D eigenvalue weighted by atomic mass is 9.95. The van der Waals surface area contributed by atoms with Crippen LogP contribution in [0.5, 0.6) is 5.75 Å². The highest BCUT2D eigenvalue weighted by Gasteiger charge is 2.44. The SMILES string of the molecule is COc1ccccc1C1C(C(C)=O)=C(O)C(=O)N1CC1CCCO1. The van der Waals surface area contributed by atoms with Gasteiger partial charge in [-0.25, -0.2) is 0 Å². The van der Waals surface area contributed by atoms with E-state index in [0.717, 1.165) is 12.8 Å². The molecule has 2 aliphatic heterocycles. The summed E-state index contributed by atoms with van der Waals surface area (Å²) in [4.78, 5) is 26.2. The van der Waals surface area contributed by atoms with Crippen molar-refractivity contribution in [3.8, 4) is 5.75 Å². The zero-order chi connectivity index (χ0) is 17.3. The summed E-state index contributed by atoms with van der Waals surface area (Å²) in [6.45, 7) is 2.37. The Morgan fingerprint density at radius 1 is 1.42 bits per heavy atom. The fourth-order valence-corrected chi connectivity index (χ4v) is 3.42. The number of aliphatic hydroxyl groups excluding tert-OH is 1. The van der Waals surface area contributed by atoms with Crippen LogP contribution in [0.4, 0.5) is 0 Å². The molecule has 0 saturated carbocycles. The molecule has 1 amide bonds. The van der Waals surface area contributed by atoms with Crippen LogP contribution >= 0.6 is 0 Å². The second-order valence-electron chi connectivity index (χ2n) is 6.06. The van der Waals surface area contributed by atoms with Gasteiger partial charge in [-0.2, -0.15) is 0 Å². The van der Waals surface area contributed by atoms with Crippen LogP contribution < -0.4 is 4.74 Å². The fraction of sp³-hybridized carbons (Fsp3) is 0.444. The van der Waals surface area contributed by atoms with Crippen LogP contribution in [0, 0.1) is 0 Å². The number of hydrogen-bond acceptors (Lipinski definition) is 5. The molecule has 24 heavy (non-hydrogen) atoms. The van der Waals surface area contributed by atoms with Crippen LogP contribution in [0.2, 0.25) is 0 Å². The maximum Gasteiger partial charge on any atom is 0.290 e. The van der Waals surface area contributed by atoms with Gasteiger partial charge in [-0.05, 0) is 25.8 Å². The molecule has 1 aromatic carbocycles. The molecule has 2 atom stereocenters. The summed E-state index contributed by atoms with van der Waals surface area (Å²) in [6.07, 6.45) is 1.73. The van der Waals surface area contributed by atoms with E-state index in [4.69, 9.17) is 9.47 Å². The monoisotopic (exact) mass is 331 g/mol. The molecule has 6 heteroatoms. The highest BCUT2D eigenvalue weighted by molar-refractivity contribution is 6.08. The number of hydrogen-bond donors (Lipinski definition) is 1. The maximum absolute atomic E-state index is 12.6. The van der Waals surface area contributed by atoms with E-state index in [1.54, 1.807) is 12.1 Å². The standard InChI is InChI=1S/C18H21NO5/c1-11(20)15-16(13-7-3-4-8-14(13)23-2)19(18(22)17(15)21)10-12-6-5-9-24-12/h3-4,7-8,12,16,21H,5-6,9-10H2,1-2H3. The number of rotatable bonds is 5. The third-order valence-corrected chi connectivity index (χ3v) is 4.54. The summed E-state index contributed by atoms with van der Waals surface area (Å²) in [7, 11) is 1.54. The van der Waals surface area contributed by atoms with E-state index in [1.807, 2.05) is 12.1 Å². The van der Waals surface area contributed by atoms with E-state index in [-0.39, 0.29) is 17.5 Å². The molecule has 0 spiro atoms. The molecule has 3 rings (SSSR count). The molecule has 1 saturated heterocycles. The van der Waals surface area contributed by atoms with E-state index < -0.39 is 17.7 Å². The number of carbonyl (C=O) groups is 2. The van der Waals surface area contributed by atoms with Crippen LogP contribution in [-0.4, -0.2) is 48.1 Å². The zero-order valence-electron chi connectivity index (χ0n) is 13.8. The summed E-state index contributed by atoms with van der Waals surface area (Å²) in [5, 5.41) is 10.3. The van der Waals surface area contributed by atoms with Gasteiger partial charge >= 0.3 is 0 Å². The Kier molecular flexibility index (Phi) is 4.57. The molecule has 1 fully saturated rings. The van der Waals surface area contributed by atoms with E-state index in [2.05, 4.69) is 0 Å². The molecule has 1 aromatic rings. The van der Waals surface area contributed by atoms with Crippen molar-refractivity contribution in [3.63, 3.8) is 0 Å². The number of carbonyl (C=O) groups excluding carboxylic acids is 2. The second kappa shape index (κ2) is 6.65. The molecule has 0 radical (unpaired) electrons. The average Bonchev–Trinajstić information content (AvgIpc) is 3.17. The van der Waals surface area contributed by atoms with E-state index >= 15 is 0 Å². The predicted octanol–water partition coefficient (Wildman–Crippen LogP) is 2.16. The second-order valence-corrected chi connectivity index (χ2v) is 6.06. The number of aliphatic hydroxyl groups is 1. The van der Waals surface area contributed by atoms with Gasteiger partial charge in [0.25, 0.3) is 5.91 Å². The van der Waals surface area contributed by atoms with E-state index in [0.29, 0.717) is 24.5 Å². The number of amides is 1. The smallest absolute Gasteiger partial charge is 0.290 e. The minimum absolute atomic E-state index is 0.0785. The van der Waals surface area contributed by atoms with Crippen molar-refractivity contribution in [1.82, 2.24) is 4.90 Å². The lowest BCUT2D eigenvalue weighted by Gasteiger charge is -2.29. The molecular weight excluding hydrogens is 310 g/mol. The van der Waals surface area contributed by atoms with Gasteiger partial charge in [0.1, 0.15) is 5.75 Å². The van der Waals surface area contributed by atoms with Crippen molar-refractivity contribution in [3.05, 3.63) is 41.2 Å². The first-order valence-corrected chi connectivity index (χ1v) is 8.04. The molecule has 2 aliphatic rings. The first kappa shape index (κ1) is 16.5. The van der Waals surface area contributed by atoms with Gasteiger partial charge in [-0.1, -0.05) is 18.2 Å². The lowest BCUT2D eigenvalue weighted by Crippen LogP contribution is -2.37. The average molecular weight is 331 g/mol. The third-order valence-electron chi connectivity index (χ3n) is 4.54. The van der Waals surface area contributed by atoms with Crippen molar-refractivity contribution in [2.45, 2.75) is 31.9 Å². The van der Waals surface area contributed by atoms with Crippen molar-refractivity contribution < 1.29 is 24.2 Å². The number of nitrogens with zero attached hydrogens (tertiary/aromatic N) is 1. The quantitative estimate of drug-likeness (QED) is 0.895. The third kappa shape index (κ3) is 2.78. The van der Waals surface area contributed by atoms with Crippen molar-refractivity contribution >= 4 is 11.7 Å². The minimum atomic E-state index is -0.657. The van der Waals surface area contributed by atoms with Gasteiger partial charge < -0.3 is 19.5 Å². The maximum atomic E-state index is 12.6. The number of Topliss-reactive ketones (excluding diaryl/α,β-unsaturated/α-hetero) is 1. The largest absolute Gasteiger partial charge is 0.503 e. The Morgan fingerprint density at radius 2 is 2.17 bits per heavy atom. The first-order valence-electron chi connectivity index (χ1n) is 8.04. The molecule has 0 aliphatic carbocycles. The summed E-state index contributed by atoms with van der Waals surface area (Å²) in [5.74, 6) is -0.768. The minimum Gasteiger partial charge on any atom is -0.503 e. The van der Waals surface area contributed by atoms with Crippen molar-refractivity contribution in [2.24, 2.45) is 0 Å². The van der Waals surface area contributed by atoms with Gasteiger partial charge in [0.15, 0.2) is 11.5 Å². The van der Waals surface area contributed by atoms with Gasteiger partial charge in [0.2, 0.25) is 0 Å². The summed E-state index contributed by atoms with van der Waals surface area (Å²) < 4.78 is 11.0. The molecule has 2 heterocycles. The van der Waals surface area contributed by atoms with Crippen LogP contribution in [0.25, 0.3) is 0 Å². The van der Waals surface area contributed by atoms with Crippen LogP contribution in [-0.2, 0) is 14.3 Å². The van der Waals surface area contributed by atoms with Crippen molar-refractivity contribution in [2.75, 3.05) is 20.3 Å². The lowest BCUT2D eigenvalue weighted by molar-refractivity contribution is -0.131. The highest BCUT2D eigenvalue weighted by atomic mass is 16.5. The normalized spacial score (nSPS) is 23.9. The molecule has 6 nitrogen and oxygen atoms in total. The predicted molar refractivity (Wildman–Crippen MR) is 86.8 cm³/mol. The Bertz CT molecular complexity index is 690. The Hall–Kier alpha value is -2.34. The fourth-order valence-electron chi connectivity index (χ4n) is 3.42. The van der Waals surface area contributed by atoms with Gasteiger partial charge in [0, 0.05) is 18.7 Å². The molecule has 0 aromatic heterocycles. The molecular formula is C18H21NO5. The molecule has 1 N–H and O–H groups in total. The first-order chi connectivity index (χ1) is 11.5. The molecule has 128 valence electrons. The van der Waals surface area contributed by atoms with Crippen molar-refractivity contribution in [1.29, 1.82) is 0 Å². The van der Waals surface area contributed by atoms with Crippen LogP contribution in [0.3, 0.4) is 0 Å². The van der Waals surface area contributed by atoms with E-state index in [1.165, 1.54) is 18.9 Å². The van der Waals surface area contributed by atoms with Crippen LogP contribution in [0.15, 0.2) is 35.6 Å². The Labute approximate surface area is 140 Å². The van der Waals surface area contributed by atoms with Crippen LogP contribution in [0.1, 0.15) is 31.4 Å². The van der Waals surface area contributed by atoms with Gasteiger partial charge in [-0.15, -0.1) is 0 Å². The van der Waals surface area contributed by atoms with E-state index in [9.17, 15) is 14.7 Å². The number of benzene rings is 1. The Balaban J connectivity index is 2.04. The number of methoxy groups -OCH3 is 1. The molecule has 0 bridgehead atoms. The Morgan fingerprint density at radius 3 is 2.79 bits per heavy atom. The number of para-hydroxylation sites is 1. The van der Waals surface area contributed by atoms with Gasteiger partial charge in [-0.3, -0.25) is 9.59 Å². The summed E-state index contributed by atoms with van der Waals surface area (Å²) in [6, 6.07) is 6.56.